The molecule has 0 fully saturated rings. The largest absolute Gasteiger partial charge is 0.326 e. The fourth-order valence-corrected chi connectivity index (χ4v) is 2.75. The predicted molar refractivity (Wildman–Crippen MR) is 99.8 cm³/mol. The zero-order chi connectivity index (χ0) is 16.9. The second-order valence-corrected chi connectivity index (χ2v) is 6.40. The number of carbonyl (C=O) groups excluding carboxylic acids is 1. The van der Waals surface area contributed by atoms with Crippen LogP contribution in [0.1, 0.15) is 12.1 Å². The van der Waals surface area contributed by atoms with Gasteiger partial charge in [-0.05, 0) is 46.1 Å². The van der Waals surface area contributed by atoms with Gasteiger partial charge < -0.3 is 5.32 Å². The van der Waals surface area contributed by atoms with E-state index in [1.807, 2.05) is 54.1 Å². The average Bonchev–Trinajstić information content (AvgIpc) is 2.93. The molecule has 1 aromatic heterocycles. The van der Waals surface area contributed by atoms with Gasteiger partial charge in [0, 0.05) is 17.8 Å². The fourth-order valence-electron chi connectivity index (χ4n) is 2.46. The van der Waals surface area contributed by atoms with Crippen molar-refractivity contribution >= 4 is 27.5 Å². The minimum absolute atomic E-state index is 0.0199. The number of rotatable bonds is 5. The quantitative estimate of drug-likeness (QED) is 0.696. The molecule has 24 heavy (non-hydrogen) atoms. The van der Waals surface area contributed by atoms with Gasteiger partial charge in [-0.25, -0.2) is 0 Å². The highest BCUT2D eigenvalue weighted by molar-refractivity contribution is 9.10. The second kappa shape index (κ2) is 7.45. The summed E-state index contributed by atoms with van der Waals surface area (Å²) in [6.45, 7) is 2.53. The van der Waals surface area contributed by atoms with Crippen molar-refractivity contribution in [1.29, 1.82) is 0 Å². The lowest BCUT2D eigenvalue weighted by atomic mass is 10.1. The van der Waals surface area contributed by atoms with Crippen LogP contribution in [0.2, 0.25) is 0 Å². The first kappa shape index (κ1) is 16.5. The molecule has 0 atom stereocenters. The number of aryl methyl sites for hydroxylation is 1. The Labute approximate surface area is 149 Å². The summed E-state index contributed by atoms with van der Waals surface area (Å²) in [5.74, 6) is -0.0199. The van der Waals surface area contributed by atoms with Gasteiger partial charge in [0.05, 0.1) is 17.2 Å². The summed E-state index contributed by atoms with van der Waals surface area (Å²) in [5.41, 5.74) is 4.12. The van der Waals surface area contributed by atoms with Gasteiger partial charge in [0.2, 0.25) is 5.91 Å². The van der Waals surface area contributed by atoms with E-state index in [0.29, 0.717) is 13.0 Å². The monoisotopic (exact) mass is 383 g/mol. The van der Waals surface area contributed by atoms with Crippen molar-refractivity contribution in [2.75, 3.05) is 5.32 Å². The normalized spacial score (nSPS) is 10.6. The lowest BCUT2D eigenvalue weighted by Crippen LogP contribution is -2.15. The average molecular weight is 384 g/mol. The highest BCUT2D eigenvalue weighted by atomic mass is 79.9. The minimum atomic E-state index is -0.0199. The Kier molecular flexibility index (Phi) is 5.11. The molecule has 0 unspecified atom stereocenters. The van der Waals surface area contributed by atoms with Crippen LogP contribution >= 0.6 is 15.9 Å². The zero-order valence-electron chi connectivity index (χ0n) is 13.4. The molecule has 122 valence electrons. The van der Waals surface area contributed by atoms with E-state index in [-0.39, 0.29) is 5.91 Å². The first-order valence-electron chi connectivity index (χ1n) is 7.77. The summed E-state index contributed by atoms with van der Waals surface area (Å²) in [6.07, 6.45) is 2.13. The first-order chi connectivity index (χ1) is 11.6. The lowest BCUT2D eigenvalue weighted by Gasteiger charge is -2.08. The van der Waals surface area contributed by atoms with Crippen LogP contribution in [0.4, 0.5) is 5.69 Å². The van der Waals surface area contributed by atoms with E-state index in [2.05, 4.69) is 38.5 Å². The zero-order valence-corrected chi connectivity index (χ0v) is 15.0. The molecule has 0 aliphatic carbocycles. The number of aromatic nitrogens is 2. The van der Waals surface area contributed by atoms with Gasteiger partial charge in [-0.1, -0.05) is 42.5 Å². The number of anilines is 1. The molecule has 1 heterocycles. The number of amides is 1. The van der Waals surface area contributed by atoms with Gasteiger partial charge in [-0.15, -0.1) is 0 Å². The van der Waals surface area contributed by atoms with Gasteiger partial charge in [-0.2, -0.15) is 5.10 Å². The maximum absolute atomic E-state index is 12.1. The molecule has 3 rings (SSSR count). The molecule has 1 amide bonds. The third-order valence-corrected chi connectivity index (χ3v) is 4.65. The summed E-state index contributed by atoms with van der Waals surface area (Å²) in [7, 11) is 0. The number of nitrogens with one attached hydrogen (secondary N) is 1. The highest BCUT2D eigenvalue weighted by Gasteiger charge is 2.07. The summed E-state index contributed by atoms with van der Waals surface area (Å²) in [5, 5.41) is 7.15. The standard InChI is InChI=1S/C19H18BrN3O/c1-14-18(20)13-21-23(14)12-11-19(24)22-17-9-7-16(8-10-17)15-5-3-2-4-6-15/h2-10,13H,11-12H2,1H3,(H,22,24). The summed E-state index contributed by atoms with van der Waals surface area (Å²) in [6, 6.07) is 18.0. The van der Waals surface area contributed by atoms with Crippen molar-refractivity contribution in [2.24, 2.45) is 0 Å². The van der Waals surface area contributed by atoms with Crippen LogP contribution in [0.15, 0.2) is 65.3 Å². The van der Waals surface area contributed by atoms with Crippen molar-refractivity contribution in [3.05, 3.63) is 71.0 Å². The number of halogens is 1. The number of hydrogen-bond donors (Lipinski definition) is 1. The Bertz CT molecular complexity index is 826. The maximum atomic E-state index is 12.1. The van der Waals surface area contributed by atoms with E-state index in [4.69, 9.17) is 0 Å². The van der Waals surface area contributed by atoms with Crippen molar-refractivity contribution in [3.63, 3.8) is 0 Å². The number of benzene rings is 2. The molecule has 0 spiro atoms. The molecule has 1 N–H and O–H groups in total. The third-order valence-electron chi connectivity index (χ3n) is 3.87. The third kappa shape index (κ3) is 3.92. The summed E-state index contributed by atoms with van der Waals surface area (Å²) >= 11 is 3.42. The van der Waals surface area contributed by atoms with Crippen molar-refractivity contribution in [2.45, 2.75) is 19.9 Å². The molecule has 3 aromatic rings. The summed E-state index contributed by atoms with van der Waals surface area (Å²) in [4.78, 5) is 12.1. The topological polar surface area (TPSA) is 46.9 Å². The fraction of sp³-hybridized carbons (Fsp3) is 0.158. The van der Waals surface area contributed by atoms with E-state index in [1.54, 1.807) is 6.20 Å². The Morgan fingerprint density at radius 2 is 1.75 bits per heavy atom. The van der Waals surface area contributed by atoms with Gasteiger partial charge in [0.1, 0.15) is 0 Å². The van der Waals surface area contributed by atoms with Crippen LogP contribution in [0.25, 0.3) is 11.1 Å². The van der Waals surface area contributed by atoms with Crippen LogP contribution < -0.4 is 5.32 Å². The molecule has 2 aromatic carbocycles. The maximum Gasteiger partial charge on any atom is 0.226 e. The van der Waals surface area contributed by atoms with Crippen LogP contribution in [0, 0.1) is 6.92 Å². The van der Waals surface area contributed by atoms with E-state index < -0.39 is 0 Å². The number of carbonyl (C=O) groups is 1. The second-order valence-electron chi connectivity index (χ2n) is 5.54. The minimum Gasteiger partial charge on any atom is -0.326 e. The molecule has 0 aliphatic heterocycles. The van der Waals surface area contributed by atoms with E-state index in [0.717, 1.165) is 27.0 Å². The molecule has 0 radical (unpaired) electrons. The number of nitrogens with zero attached hydrogens (tertiary/aromatic N) is 2. The van der Waals surface area contributed by atoms with Crippen LogP contribution in [0.5, 0.6) is 0 Å². The molecule has 0 saturated heterocycles. The highest BCUT2D eigenvalue weighted by Crippen LogP contribution is 2.21. The molecule has 0 aliphatic rings. The van der Waals surface area contributed by atoms with E-state index in [9.17, 15) is 4.79 Å². The van der Waals surface area contributed by atoms with Crippen LogP contribution in [0.3, 0.4) is 0 Å². The Balaban J connectivity index is 1.57. The molecule has 5 heteroatoms. The predicted octanol–water partition coefficient (Wildman–Crippen LogP) is 4.65. The van der Waals surface area contributed by atoms with Crippen molar-refractivity contribution in [1.82, 2.24) is 9.78 Å². The lowest BCUT2D eigenvalue weighted by molar-refractivity contribution is -0.116. The SMILES string of the molecule is Cc1c(Br)cnn1CCC(=O)Nc1ccc(-c2ccccc2)cc1. The van der Waals surface area contributed by atoms with Gasteiger partial charge in [-0.3, -0.25) is 9.48 Å². The van der Waals surface area contributed by atoms with Crippen molar-refractivity contribution < 1.29 is 4.79 Å². The van der Waals surface area contributed by atoms with Crippen molar-refractivity contribution in [3.8, 4) is 11.1 Å². The molecule has 0 bridgehead atoms. The van der Waals surface area contributed by atoms with Crippen LogP contribution in [-0.4, -0.2) is 15.7 Å². The summed E-state index contributed by atoms with van der Waals surface area (Å²) < 4.78 is 2.78. The number of hydrogen-bond acceptors (Lipinski definition) is 2. The van der Waals surface area contributed by atoms with Gasteiger partial charge >= 0.3 is 0 Å². The Morgan fingerprint density at radius 3 is 2.38 bits per heavy atom. The molecule has 4 nitrogen and oxygen atoms in total. The molecule has 0 saturated carbocycles. The molecular weight excluding hydrogens is 366 g/mol. The molecular formula is C19H18BrN3O. The van der Waals surface area contributed by atoms with Crippen LogP contribution in [-0.2, 0) is 11.3 Å². The Hall–Kier alpha value is -2.40. The van der Waals surface area contributed by atoms with Gasteiger partial charge in [0.15, 0.2) is 0 Å². The first-order valence-corrected chi connectivity index (χ1v) is 8.56. The smallest absolute Gasteiger partial charge is 0.226 e. The Morgan fingerprint density at radius 1 is 1.08 bits per heavy atom. The van der Waals surface area contributed by atoms with E-state index in [1.165, 1.54) is 0 Å². The van der Waals surface area contributed by atoms with E-state index >= 15 is 0 Å². The van der Waals surface area contributed by atoms with Gasteiger partial charge in [0.25, 0.3) is 0 Å².